The van der Waals surface area contributed by atoms with E-state index in [2.05, 4.69) is 21.9 Å². The normalized spacial score (nSPS) is 13.8. The standard InChI is InChI=1S/C17H17N5O2S/c1-3-7-22-15(23)13-14(19(2)17(22)24)18-16-20(8-5-9-21(13)16)11-12-6-4-10-25-12/h1,4,6,10H,5,7-9,11H2,2H3. The Hall–Kier alpha value is -2.79. The largest absolute Gasteiger partial charge is 0.337 e. The second-order valence-electron chi connectivity index (χ2n) is 6.03. The summed E-state index contributed by atoms with van der Waals surface area (Å²) >= 11 is 1.69. The number of imidazole rings is 1. The Morgan fingerprint density at radius 1 is 1.36 bits per heavy atom. The van der Waals surface area contributed by atoms with E-state index in [-0.39, 0.29) is 12.1 Å². The molecule has 0 atom stereocenters. The third-order valence-electron chi connectivity index (χ3n) is 4.48. The van der Waals surface area contributed by atoms with Crippen molar-refractivity contribution in [3.8, 4) is 12.3 Å². The lowest BCUT2D eigenvalue weighted by Gasteiger charge is -2.28. The molecule has 0 unspecified atom stereocenters. The zero-order chi connectivity index (χ0) is 17.6. The van der Waals surface area contributed by atoms with Crippen molar-refractivity contribution >= 4 is 28.4 Å². The van der Waals surface area contributed by atoms with Gasteiger partial charge >= 0.3 is 5.69 Å². The van der Waals surface area contributed by atoms with E-state index in [1.807, 2.05) is 16.0 Å². The third-order valence-corrected chi connectivity index (χ3v) is 5.34. The smallest absolute Gasteiger partial charge is 0.333 e. The molecule has 1 aliphatic heterocycles. The van der Waals surface area contributed by atoms with Gasteiger partial charge < -0.3 is 9.47 Å². The van der Waals surface area contributed by atoms with E-state index in [9.17, 15) is 9.59 Å². The predicted octanol–water partition coefficient (Wildman–Crippen LogP) is 1.00. The molecule has 3 aromatic rings. The van der Waals surface area contributed by atoms with Crippen LogP contribution in [0.1, 0.15) is 11.3 Å². The van der Waals surface area contributed by atoms with Gasteiger partial charge in [0.05, 0.1) is 13.1 Å². The highest BCUT2D eigenvalue weighted by atomic mass is 32.1. The molecule has 0 aliphatic carbocycles. The number of aryl methyl sites for hydroxylation is 2. The van der Waals surface area contributed by atoms with Crippen molar-refractivity contribution in [2.24, 2.45) is 7.05 Å². The van der Waals surface area contributed by atoms with Crippen LogP contribution in [0.2, 0.25) is 0 Å². The lowest BCUT2D eigenvalue weighted by molar-refractivity contribution is 0.563. The van der Waals surface area contributed by atoms with Crippen LogP contribution in [0.25, 0.3) is 11.2 Å². The molecule has 4 heterocycles. The fourth-order valence-corrected chi connectivity index (χ4v) is 4.02. The molecule has 3 aromatic heterocycles. The summed E-state index contributed by atoms with van der Waals surface area (Å²) in [4.78, 5) is 33.3. The van der Waals surface area contributed by atoms with Crippen molar-refractivity contribution < 1.29 is 0 Å². The first kappa shape index (κ1) is 15.7. The highest BCUT2D eigenvalue weighted by Crippen LogP contribution is 2.26. The minimum Gasteiger partial charge on any atom is -0.337 e. The van der Waals surface area contributed by atoms with Gasteiger partial charge in [-0.25, -0.2) is 9.36 Å². The van der Waals surface area contributed by atoms with Crippen LogP contribution in [-0.2, 0) is 26.7 Å². The zero-order valence-electron chi connectivity index (χ0n) is 13.8. The van der Waals surface area contributed by atoms with Gasteiger partial charge in [-0.15, -0.1) is 17.8 Å². The summed E-state index contributed by atoms with van der Waals surface area (Å²) in [5, 5.41) is 2.05. The molecule has 0 radical (unpaired) electrons. The zero-order valence-corrected chi connectivity index (χ0v) is 14.6. The summed E-state index contributed by atoms with van der Waals surface area (Å²) in [6, 6.07) is 4.11. The maximum Gasteiger partial charge on any atom is 0.333 e. The van der Waals surface area contributed by atoms with Gasteiger partial charge in [-0.05, 0) is 17.9 Å². The van der Waals surface area contributed by atoms with Gasteiger partial charge in [0, 0.05) is 25.0 Å². The van der Waals surface area contributed by atoms with Crippen molar-refractivity contribution in [1.29, 1.82) is 0 Å². The number of terminal acetylenes is 1. The number of anilines is 1. The van der Waals surface area contributed by atoms with Crippen LogP contribution >= 0.6 is 11.3 Å². The molecular formula is C17H17N5O2S. The average molecular weight is 355 g/mol. The van der Waals surface area contributed by atoms with E-state index in [0.717, 1.165) is 30.0 Å². The first-order valence-corrected chi connectivity index (χ1v) is 8.90. The number of nitrogens with zero attached hydrogens (tertiary/aromatic N) is 5. The molecule has 0 bridgehead atoms. The van der Waals surface area contributed by atoms with Gasteiger partial charge in [0.15, 0.2) is 11.2 Å². The summed E-state index contributed by atoms with van der Waals surface area (Å²) in [6.45, 7) is 2.28. The highest BCUT2D eigenvalue weighted by Gasteiger charge is 2.26. The molecule has 0 N–H and O–H groups in total. The maximum absolute atomic E-state index is 12.8. The number of aromatic nitrogens is 4. The maximum atomic E-state index is 12.8. The van der Waals surface area contributed by atoms with Crippen molar-refractivity contribution in [2.75, 3.05) is 11.4 Å². The van der Waals surface area contributed by atoms with Crippen molar-refractivity contribution in [1.82, 2.24) is 18.7 Å². The fraction of sp³-hybridized carbons (Fsp3) is 0.353. The Labute approximate surface area is 147 Å². The van der Waals surface area contributed by atoms with Gasteiger partial charge in [0.1, 0.15) is 0 Å². The monoisotopic (exact) mass is 355 g/mol. The topological polar surface area (TPSA) is 65.1 Å². The second-order valence-corrected chi connectivity index (χ2v) is 7.06. The van der Waals surface area contributed by atoms with E-state index < -0.39 is 5.69 Å². The van der Waals surface area contributed by atoms with Crippen LogP contribution in [0.5, 0.6) is 0 Å². The molecule has 0 aromatic carbocycles. The van der Waals surface area contributed by atoms with Crippen LogP contribution in [0, 0.1) is 12.3 Å². The van der Waals surface area contributed by atoms with E-state index in [1.165, 1.54) is 9.44 Å². The average Bonchev–Trinajstić information content (AvgIpc) is 3.25. The first-order valence-electron chi connectivity index (χ1n) is 8.02. The van der Waals surface area contributed by atoms with Gasteiger partial charge in [0.25, 0.3) is 5.56 Å². The Morgan fingerprint density at radius 3 is 2.92 bits per heavy atom. The highest BCUT2D eigenvalue weighted by molar-refractivity contribution is 7.09. The molecule has 0 fully saturated rings. The Balaban J connectivity index is 1.93. The number of rotatable bonds is 3. The predicted molar refractivity (Wildman–Crippen MR) is 98.1 cm³/mol. The molecule has 0 saturated heterocycles. The van der Waals surface area contributed by atoms with E-state index in [1.54, 1.807) is 18.4 Å². The first-order chi connectivity index (χ1) is 12.1. The second kappa shape index (κ2) is 5.93. The van der Waals surface area contributed by atoms with Gasteiger partial charge in [0.2, 0.25) is 5.95 Å². The molecule has 8 heteroatoms. The summed E-state index contributed by atoms with van der Waals surface area (Å²) in [5.41, 5.74) is 0.0584. The molecule has 128 valence electrons. The minimum atomic E-state index is -0.435. The summed E-state index contributed by atoms with van der Waals surface area (Å²) in [7, 11) is 1.62. The quantitative estimate of drug-likeness (QED) is 0.658. The van der Waals surface area contributed by atoms with E-state index in [0.29, 0.717) is 17.7 Å². The Morgan fingerprint density at radius 2 is 2.20 bits per heavy atom. The third kappa shape index (κ3) is 2.39. The van der Waals surface area contributed by atoms with Crippen molar-refractivity contribution in [2.45, 2.75) is 26.1 Å². The molecule has 0 saturated carbocycles. The lowest BCUT2D eigenvalue weighted by atomic mass is 10.3. The molecule has 25 heavy (non-hydrogen) atoms. The molecule has 4 rings (SSSR count). The summed E-state index contributed by atoms with van der Waals surface area (Å²) in [5.74, 6) is 3.12. The minimum absolute atomic E-state index is 0.0408. The van der Waals surface area contributed by atoms with Gasteiger partial charge in [-0.3, -0.25) is 9.36 Å². The van der Waals surface area contributed by atoms with Crippen molar-refractivity contribution in [3.63, 3.8) is 0 Å². The molecule has 7 nitrogen and oxygen atoms in total. The lowest BCUT2D eigenvalue weighted by Crippen LogP contribution is -2.39. The number of hydrogen-bond acceptors (Lipinski definition) is 5. The number of fused-ring (bicyclic) bond motifs is 3. The Bertz CT molecular complexity index is 1100. The SMILES string of the molecule is C#CCn1c(=O)c2c(nc3n2CCCN3Cc2cccs2)n(C)c1=O. The summed E-state index contributed by atoms with van der Waals surface area (Å²) < 4.78 is 4.42. The van der Waals surface area contributed by atoms with E-state index >= 15 is 0 Å². The van der Waals surface area contributed by atoms with Crippen molar-refractivity contribution in [3.05, 3.63) is 43.2 Å². The number of hydrogen-bond donors (Lipinski definition) is 0. The molecule has 1 aliphatic rings. The molecule has 0 spiro atoms. The Kier molecular flexibility index (Phi) is 3.73. The molecule has 0 amide bonds. The number of thiophene rings is 1. The fourth-order valence-electron chi connectivity index (χ4n) is 3.30. The summed E-state index contributed by atoms with van der Waals surface area (Å²) in [6.07, 6.45) is 6.23. The molecular weight excluding hydrogens is 338 g/mol. The van der Waals surface area contributed by atoms with Gasteiger partial charge in [-0.1, -0.05) is 12.0 Å². The van der Waals surface area contributed by atoms with Crippen LogP contribution in [0.4, 0.5) is 5.95 Å². The van der Waals surface area contributed by atoms with Crippen LogP contribution < -0.4 is 16.1 Å². The van der Waals surface area contributed by atoms with E-state index in [4.69, 9.17) is 6.42 Å². The van der Waals surface area contributed by atoms with Crippen LogP contribution in [0.15, 0.2) is 27.1 Å². The van der Waals surface area contributed by atoms with Gasteiger partial charge in [-0.2, -0.15) is 4.98 Å². The van der Waals surface area contributed by atoms with Crippen LogP contribution in [-0.4, -0.2) is 25.2 Å². The van der Waals surface area contributed by atoms with Crippen LogP contribution in [0.3, 0.4) is 0 Å².